The van der Waals surface area contributed by atoms with Gasteiger partial charge in [0.25, 0.3) is 0 Å². The van der Waals surface area contributed by atoms with Gasteiger partial charge in [-0.05, 0) is 37.6 Å². The molecule has 1 fully saturated rings. The zero-order chi connectivity index (χ0) is 11.4. The highest BCUT2D eigenvalue weighted by Crippen LogP contribution is 2.22. The van der Waals surface area contributed by atoms with E-state index in [-0.39, 0.29) is 0 Å². The monoisotopic (exact) mass is 238 g/mol. The molecule has 0 aliphatic carbocycles. The van der Waals surface area contributed by atoms with E-state index in [1.165, 1.54) is 18.5 Å². The first-order chi connectivity index (χ1) is 7.79. The van der Waals surface area contributed by atoms with Crippen molar-refractivity contribution >= 4 is 17.3 Å². The van der Waals surface area contributed by atoms with Gasteiger partial charge in [0.1, 0.15) is 0 Å². The molecule has 1 atom stereocenters. The van der Waals surface area contributed by atoms with Crippen LogP contribution in [0.5, 0.6) is 0 Å². The summed E-state index contributed by atoms with van der Waals surface area (Å²) in [5, 5.41) is 4.35. The van der Waals surface area contributed by atoms with Crippen molar-refractivity contribution in [2.45, 2.75) is 25.8 Å². The van der Waals surface area contributed by atoms with E-state index >= 15 is 0 Å². The Hall–Kier alpha value is -0.730. The zero-order valence-electron chi connectivity index (χ0n) is 9.75. The Morgan fingerprint density at radius 2 is 2.38 bits per heavy atom. The highest BCUT2D eigenvalue weighted by atomic mass is 35.5. The fraction of sp³-hybridized carbons (Fsp3) is 0.538. The van der Waals surface area contributed by atoms with Crippen LogP contribution >= 0.6 is 11.6 Å². The van der Waals surface area contributed by atoms with Crippen LogP contribution in [0.1, 0.15) is 19.8 Å². The number of nitrogens with one attached hydrogen (secondary N) is 1. The third-order valence-electron chi connectivity index (χ3n) is 3.09. The largest absolute Gasteiger partial charge is 0.370 e. The van der Waals surface area contributed by atoms with Gasteiger partial charge in [-0.25, -0.2) is 0 Å². The molecule has 1 N–H and O–H groups in total. The van der Waals surface area contributed by atoms with Crippen molar-refractivity contribution in [3.63, 3.8) is 0 Å². The number of hydrogen-bond acceptors (Lipinski definition) is 2. The van der Waals surface area contributed by atoms with Gasteiger partial charge in [0, 0.05) is 29.8 Å². The minimum absolute atomic E-state index is 0.623. The van der Waals surface area contributed by atoms with Crippen LogP contribution in [0.2, 0.25) is 5.02 Å². The van der Waals surface area contributed by atoms with Crippen molar-refractivity contribution in [2.24, 2.45) is 0 Å². The minimum atomic E-state index is 0.623. The third-order valence-corrected chi connectivity index (χ3v) is 3.32. The van der Waals surface area contributed by atoms with E-state index in [4.69, 9.17) is 11.6 Å². The Kier molecular flexibility index (Phi) is 4.08. The number of halogens is 1. The molecule has 0 bridgehead atoms. The maximum Gasteiger partial charge on any atom is 0.0426 e. The molecule has 1 saturated heterocycles. The molecular formula is C13H19ClN2. The number of rotatable bonds is 3. The summed E-state index contributed by atoms with van der Waals surface area (Å²) < 4.78 is 0. The number of anilines is 1. The Morgan fingerprint density at radius 1 is 1.50 bits per heavy atom. The predicted molar refractivity (Wildman–Crippen MR) is 70.4 cm³/mol. The maximum absolute atomic E-state index is 6.02. The molecule has 1 aromatic rings. The Labute approximate surface area is 103 Å². The van der Waals surface area contributed by atoms with Crippen molar-refractivity contribution in [1.29, 1.82) is 0 Å². The first kappa shape index (κ1) is 11.7. The molecule has 1 aliphatic heterocycles. The number of piperidine rings is 1. The fourth-order valence-corrected chi connectivity index (χ4v) is 2.52. The van der Waals surface area contributed by atoms with Gasteiger partial charge < -0.3 is 10.2 Å². The fourth-order valence-electron chi connectivity index (χ4n) is 2.34. The third kappa shape index (κ3) is 2.89. The SMILES string of the molecule is CCNC1CCCN(c2cccc(Cl)c2)C1. The quantitative estimate of drug-likeness (QED) is 0.871. The lowest BCUT2D eigenvalue weighted by molar-refractivity contribution is 0.431. The minimum Gasteiger partial charge on any atom is -0.370 e. The molecule has 0 radical (unpaired) electrons. The van der Waals surface area contributed by atoms with E-state index in [2.05, 4.69) is 29.3 Å². The zero-order valence-corrected chi connectivity index (χ0v) is 10.5. The summed E-state index contributed by atoms with van der Waals surface area (Å²) >= 11 is 6.02. The second-order valence-corrected chi connectivity index (χ2v) is 4.76. The van der Waals surface area contributed by atoms with Gasteiger partial charge in [0.2, 0.25) is 0 Å². The highest BCUT2D eigenvalue weighted by Gasteiger charge is 2.19. The molecule has 1 aromatic carbocycles. The number of nitrogens with zero attached hydrogens (tertiary/aromatic N) is 1. The van der Waals surface area contributed by atoms with Gasteiger partial charge >= 0.3 is 0 Å². The Balaban J connectivity index is 2.03. The lowest BCUT2D eigenvalue weighted by atomic mass is 10.0. The van der Waals surface area contributed by atoms with E-state index in [0.29, 0.717) is 6.04 Å². The second kappa shape index (κ2) is 5.55. The van der Waals surface area contributed by atoms with Crippen LogP contribution < -0.4 is 10.2 Å². The molecule has 88 valence electrons. The average molecular weight is 239 g/mol. The van der Waals surface area contributed by atoms with Crippen LogP contribution in [0.4, 0.5) is 5.69 Å². The topological polar surface area (TPSA) is 15.3 Å². The van der Waals surface area contributed by atoms with Gasteiger partial charge in [-0.1, -0.05) is 24.6 Å². The summed E-state index contributed by atoms with van der Waals surface area (Å²) in [6.45, 7) is 5.45. The standard InChI is InChI=1S/C13H19ClN2/c1-2-15-12-6-4-8-16(10-12)13-7-3-5-11(14)9-13/h3,5,7,9,12,15H,2,4,6,8,10H2,1H3. The van der Waals surface area contributed by atoms with Gasteiger partial charge in [0.05, 0.1) is 0 Å². The average Bonchev–Trinajstić information content (AvgIpc) is 2.30. The molecule has 0 amide bonds. The van der Waals surface area contributed by atoms with E-state index in [1.54, 1.807) is 0 Å². The first-order valence-corrected chi connectivity index (χ1v) is 6.41. The van der Waals surface area contributed by atoms with Gasteiger partial charge in [0.15, 0.2) is 0 Å². The summed E-state index contributed by atoms with van der Waals surface area (Å²) in [6, 6.07) is 8.76. The lowest BCUT2D eigenvalue weighted by Gasteiger charge is -2.34. The molecule has 1 aliphatic rings. The summed E-state index contributed by atoms with van der Waals surface area (Å²) in [6.07, 6.45) is 2.54. The molecular weight excluding hydrogens is 220 g/mol. The number of likely N-dealkylation sites (N-methyl/N-ethyl adjacent to an activating group) is 1. The van der Waals surface area contributed by atoms with E-state index in [9.17, 15) is 0 Å². The van der Waals surface area contributed by atoms with Crippen molar-refractivity contribution in [3.05, 3.63) is 29.3 Å². The van der Waals surface area contributed by atoms with Crippen molar-refractivity contribution in [3.8, 4) is 0 Å². The number of hydrogen-bond donors (Lipinski definition) is 1. The molecule has 1 unspecified atom stereocenters. The predicted octanol–water partition coefficient (Wildman–Crippen LogP) is 2.92. The van der Waals surface area contributed by atoms with Gasteiger partial charge in [-0.3, -0.25) is 0 Å². The summed E-state index contributed by atoms with van der Waals surface area (Å²) in [5.41, 5.74) is 1.25. The maximum atomic E-state index is 6.02. The van der Waals surface area contributed by atoms with E-state index < -0.39 is 0 Å². The normalized spacial score (nSPS) is 21.1. The number of benzene rings is 1. The first-order valence-electron chi connectivity index (χ1n) is 6.03. The van der Waals surface area contributed by atoms with Crippen LogP contribution in [-0.2, 0) is 0 Å². The second-order valence-electron chi connectivity index (χ2n) is 4.32. The summed E-state index contributed by atoms with van der Waals surface area (Å²) in [7, 11) is 0. The molecule has 3 heteroatoms. The van der Waals surface area contributed by atoms with E-state index in [0.717, 1.165) is 24.7 Å². The molecule has 16 heavy (non-hydrogen) atoms. The lowest BCUT2D eigenvalue weighted by Crippen LogP contribution is -2.45. The highest BCUT2D eigenvalue weighted by molar-refractivity contribution is 6.30. The molecule has 2 rings (SSSR count). The van der Waals surface area contributed by atoms with Gasteiger partial charge in [-0.15, -0.1) is 0 Å². The molecule has 2 nitrogen and oxygen atoms in total. The molecule has 0 aromatic heterocycles. The van der Waals surface area contributed by atoms with Crippen LogP contribution in [-0.4, -0.2) is 25.7 Å². The summed E-state index contributed by atoms with van der Waals surface area (Å²) in [5.74, 6) is 0. The van der Waals surface area contributed by atoms with Crippen molar-refractivity contribution in [1.82, 2.24) is 5.32 Å². The van der Waals surface area contributed by atoms with Crippen molar-refractivity contribution < 1.29 is 0 Å². The van der Waals surface area contributed by atoms with Crippen LogP contribution in [0.3, 0.4) is 0 Å². The van der Waals surface area contributed by atoms with Gasteiger partial charge in [-0.2, -0.15) is 0 Å². The smallest absolute Gasteiger partial charge is 0.0426 e. The molecule has 1 heterocycles. The Bertz CT molecular complexity index is 338. The molecule has 0 saturated carbocycles. The van der Waals surface area contributed by atoms with Crippen LogP contribution in [0.25, 0.3) is 0 Å². The van der Waals surface area contributed by atoms with Crippen LogP contribution in [0, 0.1) is 0 Å². The molecule has 0 spiro atoms. The van der Waals surface area contributed by atoms with Crippen LogP contribution in [0.15, 0.2) is 24.3 Å². The summed E-state index contributed by atoms with van der Waals surface area (Å²) in [4.78, 5) is 2.42. The Morgan fingerprint density at radius 3 is 3.12 bits per heavy atom. The van der Waals surface area contributed by atoms with Crippen molar-refractivity contribution in [2.75, 3.05) is 24.5 Å². The van der Waals surface area contributed by atoms with E-state index in [1.807, 2.05) is 12.1 Å².